The molecule has 0 aromatic heterocycles. The smallest absolute Gasteiger partial charge is 0.259 e. The number of ether oxygens (including phenoxy) is 1. The van der Waals surface area contributed by atoms with E-state index in [1.54, 1.807) is 37.3 Å². The maximum Gasteiger partial charge on any atom is 0.259 e. The second kappa shape index (κ2) is 5.65. The van der Waals surface area contributed by atoms with Crippen LogP contribution in [-0.4, -0.2) is 18.1 Å². The van der Waals surface area contributed by atoms with E-state index in [0.717, 1.165) is 5.56 Å². The second-order valence-electron chi connectivity index (χ2n) is 4.66. The summed E-state index contributed by atoms with van der Waals surface area (Å²) in [6, 6.07) is 10.4. The van der Waals surface area contributed by atoms with E-state index in [-0.39, 0.29) is 11.7 Å². The number of carbonyl (C=O) groups excluding carboxylic acids is 1. The lowest BCUT2D eigenvalue weighted by atomic mass is 10.1. The van der Waals surface area contributed by atoms with Gasteiger partial charge in [0.25, 0.3) is 5.91 Å². The predicted molar refractivity (Wildman–Crippen MR) is 78.5 cm³/mol. The lowest BCUT2D eigenvalue weighted by molar-refractivity contribution is 0.102. The number of hydrogen-bond acceptors (Lipinski definition) is 3. The molecule has 0 aliphatic heterocycles. The normalized spacial score (nSPS) is 10.2. The highest BCUT2D eigenvalue weighted by atomic mass is 16.5. The van der Waals surface area contributed by atoms with Gasteiger partial charge in [0, 0.05) is 5.69 Å². The number of benzene rings is 2. The first-order valence-corrected chi connectivity index (χ1v) is 6.27. The van der Waals surface area contributed by atoms with Crippen LogP contribution in [0, 0.1) is 13.8 Å². The Morgan fingerprint density at radius 2 is 1.90 bits per heavy atom. The van der Waals surface area contributed by atoms with Gasteiger partial charge in [0.15, 0.2) is 0 Å². The van der Waals surface area contributed by atoms with Gasteiger partial charge in [0.2, 0.25) is 0 Å². The van der Waals surface area contributed by atoms with Crippen molar-refractivity contribution in [2.75, 3.05) is 12.4 Å². The Hall–Kier alpha value is -2.49. The lowest BCUT2D eigenvalue weighted by Gasteiger charge is -2.11. The molecule has 0 aliphatic rings. The first-order chi connectivity index (χ1) is 9.51. The first kappa shape index (κ1) is 13.9. The molecule has 0 heterocycles. The number of aryl methyl sites for hydroxylation is 2. The summed E-state index contributed by atoms with van der Waals surface area (Å²) in [5, 5.41) is 12.3. The quantitative estimate of drug-likeness (QED) is 0.842. The Balaban J connectivity index is 2.27. The number of phenols is 1. The molecule has 0 atom stereocenters. The summed E-state index contributed by atoms with van der Waals surface area (Å²) in [5.41, 5.74) is 2.81. The van der Waals surface area contributed by atoms with Crippen LogP contribution in [0.1, 0.15) is 21.5 Å². The van der Waals surface area contributed by atoms with Crippen molar-refractivity contribution >= 4 is 11.6 Å². The minimum Gasteiger partial charge on any atom is -0.508 e. The zero-order valence-corrected chi connectivity index (χ0v) is 11.7. The summed E-state index contributed by atoms with van der Waals surface area (Å²) in [5.74, 6) is 0.496. The van der Waals surface area contributed by atoms with Crippen LogP contribution in [0.2, 0.25) is 0 Å². The molecule has 0 bridgehead atoms. The van der Waals surface area contributed by atoms with Gasteiger partial charge in [-0.1, -0.05) is 11.6 Å². The topological polar surface area (TPSA) is 58.6 Å². The molecule has 0 unspecified atom stereocenters. The number of methoxy groups -OCH3 is 1. The van der Waals surface area contributed by atoms with Gasteiger partial charge in [0.1, 0.15) is 11.5 Å². The molecule has 4 heteroatoms. The minimum absolute atomic E-state index is 0.205. The van der Waals surface area contributed by atoms with E-state index in [1.807, 2.05) is 13.0 Å². The van der Waals surface area contributed by atoms with Crippen LogP contribution in [0.25, 0.3) is 0 Å². The van der Waals surface area contributed by atoms with E-state index < -0.39 is 0 Å². The van der Waals surface area contributed by atoms with E-state index in [1.165, 1.54) is 7.11 Å². The van der Waals surface area contributed by atoms with Crippen molar-refractivity contribution in [3.8, 4) is 11.5 Å². The Morgan fingerprint density at radius 1 is 1.15 bits per heavy atom. The van der Waals surface area contributed by atoms with Gasteiger partial charge in [-0.15, -0.1) is 0 Å². The highest BCUT2D eigenvalue weighted by Gasteiger charge is 2.13. The lowest BCUT2D eigenvalue weighted by Crippen LogP contribution is -2.13. The zero-order valence-electron chi connectivity index (χ0n) is 11.7. The summed E-state index contributed by atoms with van der Waals surface area (Å²) in [6.45, 7) is 3.69. The molecule has 0 fully saturated rings. The van der Waals surface area contributed by atoms with E-state index in [0.29, 0.717) is 22.6 Å². The molecule has 2 rings (SSSR count). The molecule has 2 N–H and O–H groups in total. The molecule has 1 amide bonds. The van der Waals surface area contributed by atoms with Gasteiger partial charge >= 0.3 is 0 Å². The standard InChI is InChI=1S/C16H17NO3/c1-10-4-7-15(20-3)13(8-10)16(19)17-12-5-6-14(18)11(2)9-12/h4-9,18H,1-3H3,(H,17,19). The molecule has 20 heavy (non-hydrogen) atoms. The third kappa shape index (κ3) is 2.91. The van der Waals surface area contributed by atoms with Crippen molar-refractivity contribution in [2.45, 2.75) is 13.8 Å². The number of amides is 1. The minimum atomic E-state index is -0.240. The Kier molecular flexibility index (Phi) is 3.94. The largest absolute Gasteiger partial charge is 0.508 e. The molecule has 0 spiro atoms. The van der Waals surface area contributed by atoms with Crippen molar-refractivity contribution in [1.82, 2.24) is 0 Å². The molecular weight excluding hydrogens is 254 g/mol. The van der Waals surface area contributed by atoms with Gasteiger partial charge < -0.3 is 15.2 Å². The van der Waals surface area contributed by atoms with Crippen molar-refractivity contribution in [3.05, 3.63) is 53.1 Å². The Labute approximate surface area is 118 Å². The highest BCUT2D eigenvalue weighted by Crippen LogP contribution is 2.23. The third-order valence-electron chi connectivity index (χ3n) is 3.05. The number of hydrogen-bond donors (Lipinski definition) is 2. The number of phenolic OH excluding ortho intramolecular Hbond substituents is 1. The van der Waals surface area contributed by atoms with Crippen LogP contribution in [0.3, 0.4) is 0 Å². The molecule has 2 aromatic carbocycles. The number of rotatable bonds is 3. The van der Waals surface area contributed by atoms with Crippen molar-refractivity contribution in [1.29, 1.82) is 0 Å². The van der Waals surface area contributed by atoms with E-state index >= 15 is 0 Å². The summed E-state index contributed by atoms with van der Waals surface area (Å²) < 4.78 is 5.20. The highest BCUT2D eigenvalue weighted by molar-refractivity contribution is 6.06. The van der Waals surface area contributed by atoms with Crippen LogP contribution in [0.15, 0.2) is 36.4 Å². The zero-order chi connectivity index (χ0) is 14.7. The van der Waals surface area contributed by atoms with E-state index in [9.17, 15) is 9.90 Å². The number of anilines is 1. The molecule has 0 radical (unpaired) electrons. The number of aromatic hydroxyl groups is 1. The third-order valence-corrected chi connectivity index (χ3v) is 3.05. The van der Waals surface area contributed by atoms with Crippen LogP contribution in [0.5, 0.6) is 11.5 Å². The predicted octanol–water partition coefficient (Wildman–Crippen LogP) is 3.27. The summed E-state index contributed by atoms with van der Waals surface area (Å²) in [4.78, 5) is 12.3. The first-order valence-electron chi connectivity index (χ1n) is 6.27. The van der Waals surface area contributed by atoms with Crippen molar-refractivity contribution < 1.29 is 14.6 Å². The Bertz CT molecular complexity index is 650. The van der Waals surface area contributed by atoms with Gasteiger partial charge in [-0.2, -0.15) is 0 Å². The molecule has 0 aliphatic carbocycles. The fourth-order valence-electron chi connectivity index (χ4n) is 1.93. The van der Waals surface area contributed by atoms with Crippen LogP contribution in [0.4, 0.5) is 5.69 Å². The average Bonchev–Trinajstić information content (AvgIpc) is 2.43. The SMILES string of the molecule is COc1ccc(C)cc1C(=O)Nc1ccc(O)c(C)c1. The molecule has 2 aromatic rings. The molecule has 4 nitrogen and oxygen atoms in total. The fraction of sp³-hybridized carbons (Fsp3) is 0.188. The summed E-state index contributed by atoms with van der Waals surface area (Å²) in [6.07, 6.45) is 0. The maximum atomic E-state index is 12.3. The molecular formula is C16H17NO3. The maximum absolute atomic E-state index is 12.3. The van der Waals surface area contributed by atoms with Gasteiger partial charge in [-0.25, -0.2) is 0 Å². The van der Waals surface area contributed by atoms with Crippen LogP contribution >= 0.6 is 0 Å². The van der Waals surface area contributed by atoms with Crippen molar-refractivity contribution in [3.63, 3.8) is 0 Å². The Morgan fingerprint density at radius 3 is 2.55 bits per heavy atom. The van der Waals surface area contributed by atoms with Crippen molar-refractivity contribution in [2.24, 2.45) is 0 Å². The average molecular weight is 271 g/mol. The second-order valence-corrected chi connectivity index (χ2v) is 4.66. The molecule has 0 saturated heterocycles. The summed E-state index contributed by atoms with van der Waals surface area (Å²) in [7, 11) is 1.53. The molecule has 104 valence electrons. The van der Waals surface area contributed by atoms with Crippen LogP contribution < -0.4 is 10.1 Å². The van der Waals surface area contributed by atoms with Gasteiger partial charge in [-0.3, -0.25) is 4.79 Å². The van der Waals surface area contributed by atoms with Crippen LogP contribution in [-0.2, 0) is 0 Å². The fourth-order valence-corrected chi connectivity index (χ4v) is 1.93. The molecule has 0 saturated carbocycles. The van der Waals surface area contributed by atoms with E-state index in [4.69, 9.17) is 4.74 Å². The monoisotopic (exact) mass is 271 g/mol. The number of carbonyl (C=O) groups is 1. The van der Waals surface area contributed by atoms with Gasteiger partial charge in [0.05, 0.1) is 12.7 Å². The van der Waals surface area contributed by atoms with Gasteiger partial charge in [-0.05, 0) is 49.7 Å². The van der Waals surface area contributed by atoms with E-state index in [2.05, 4.69) is 5.32 Å². The number of nitrogens with one attached hydrogen (secondary N) is 1. The summed E-state index contributed by atoms with van der Waals surface area (Å²) >= 11 is 0.